The van der Waals surface area contributed by atoms with E-state index < -0.39 is 10.6 Å². The van der Waals surface area contributed by atoms with Gasteiger partial charge in [-0.2, -0.15) is 0 Å². The Morgan fingerprint density at radius 2 is 2.44 bits per heavy atom. The van der Waals surface area contributed by atoms with Crippen molar-refractivity contribution in [2.45, 2.75) is 12.3 Å². The second-order valence-electron chi connectivity index (χ2n) is 3.34. The van der Waals surface area contributed by atoms with E-state index in [2.05, 4.69) is 26.2 Å². The first-order chi connectivity index (χ1) is 7.58. The number of aliphatic hydroxyl groups is 1. The van der Waals surface area contributed by atoms with Crippen LogP contribution in [0.25, 0.3) is 0 Å². The smallest absolute Gasteiger partial charge is 0.328 e. The monoisotopic (exact) mass is 292 g/mol. The van der Waals surface area contributed by atoms with Crippen LogP contribution >= 0.6 is 15.9 Å². The molecule has 0 saturated carbocycles. The van der Waals surface area contributed by atoms with Gasteiger partial charge in [0.25, 0.3) is 0 Å². The summed E-state index contributed by atoms with van der Waals surface area (Å²) in [6, 6.07) is 0. The summed E-state index contributed by atoms with van der Waals surface area (Å²) in [5.74, 6) is 0. The van der Waals surface area contributed by atoms with Gasteiger partial charge in [-0.25, -0.2) is 4.98 Å². The van der Waals surface area contributed by atoms with Crippen LogP contribution in [-0.4, -0.2) is 43.7 Å². The molecule has 1 aromatic rings. The molecule has 0 bridgehead atoms. The highest BCUT2D eigenvalue weighted by atomic mass is 79.9. The fourth-order valence-electron chi connectivity index (χ4n) is 1.21. The Labute approximate surface area is 101 Å². The van der Waals surface area contributed by atoms with Crippen LogP contribution in [0, 0.1) is 10.1 Å². The summed E-state index contributed by atoms with van der Waals surface area (Å²) in [4.78, 5) is 13.9. The highest BCUT2D eigenvalue weighted by Crippen LogP contribution is 2.08. The van der Waals surface area contributed by atoms with Crippen LogP contribution in [0.15, 0.2) is 18.7 Å². The Kier molecular flexibility index (Phi) is 4.84. The minimum absolute atomic E-state index is 0.107. The first-order valence-electron chi connectivity index (χ1n) is 4.68. The Morgan fingerprint density at radius 1 is 1.69 bits per heavy atom. The normalized spacial score (nSPS) is 14.6. The van der Waals surface area contributed by atoms with Gasteiger partial charge in [-0.05, 0) is 0 Å². The van der Waals surface area contributed by atoms with Gasteiger partial charge in [0.2, 0.25) is 0 Å². The van der Waals surface area contributed by atoms with Crippen molar-refractivity contribution in [2.24, 2.45) is 0 Å². The number of imidazole rings is 1. The fraction of sp³-hybridized carbons (Fsp3) is 0.625. The van der Waals surface area contributed by atoms with E-state index in [1.54, 1.807) is 6.20 Å². The standard InChI is InChI=1S/C8H13BrN4O3/c9-1-2-10-5-8(14,13(15)16)6-12-4-3-11-7-12/h3-4,7,10,14H,1-2,5-6H2. The van der Waals surface area contributed by atoms with Gasteiger partial charge in [0, 0.05) is 24.3 Å². The molecular formula is C8H13BrN4O3. The average molecular weight is 293 g/mol. The lowest BCUT2D eigenvalue weighted by Crippen LogP contribution is -2.50. The fourth-order valence-corrected chi connectivity index (χ4v) is 1.49. The van der Waals surface area contributed by atoms with E-state index in [1.165, 1.54) is 17.1 Å². The number of aromatic nitrogens is 2. The van der Waals surface area contributed by atoms with Crippen molar-refractivity contribution < 1.29 is 10.0 Å². The molecule has 2 N–H and O–H groups in total. The van der Waals surface area contributed by atoms with Crippen molar-refractivity contribution >= 4 is 15.9 Å². The first-order valence-corrected chi connectivity index (χ1v) is 5.80. The quantitative estimate of drug-likeness (QED) is 0.239. The molecule has 8 heteroatoms. The van der Waals surface area contributed by atoms with Gasteiger partial charge in [0.05, 0.1) is 17.8 Å². The van der Waals surface area contributed by atoms with Crippen molar-refractivity contribution in [3.63, 3.8) is 0 Å². The first kappa shape index (κ1) is 13.1. The number of hydrogen-bond acceptors (Lipinski definition) is 5. The van der Waals surface area contributed by atoms with Gasteiger partial charge in [-0.1, -0.05) is 15.9 Å². The third-order valence-corrected chi connectivity index (χ3v) is 2.41. The van der Waals surface area contributed by atoms with E-state index in [0.29, 0.717) is 11.9 Å². The van der Waals surface area contributed by atoms with Crippen molar-refractivity contribution in [2.75, 3.05) is 18.4 Å². The van der Waals surface area contributed by atoms with E-state index in [1.807, 2.05) is 0 Å². The average Bonchev–Trinajstić information content (AvgIpc) is 2.70. The number of halogens is 1. The molecule has 0 aromatic carbocycles. The molecule has 0 saturated heterocycles. The van der Waals surface area contributed by atoms with Crippen molar-refractivity contribution in [3.8, 4) is 0 Å². The van der Waals surface area contributed by atoms with Crippen LogP contribution in [0.4, 0.5) is 0 Å². The number of nitrogens with zero attached hydrogens (tertiary/aromatic N) is 3. The van der Waals surface area contributed by atoms with Crippen LogP contribution < -0.4 is 5.32 Å². The van der Waals surface area contributed by atoms with Crippen molar-refractivity contribution in [1.82, 2.24) is 14.9 Å². The van der Waals surface area contributed by atoms with Gasteiger partial charge in [0.1, 0.15) is 6.54 Å². The molecule has 0 spiro atoms. The van der Waals surface area contributed by atoms with Crippen LogP contribution in [0.5, 0.6) is 0 Å². The van der Waals surface area contributed by atoms with Gasteiger partial charge >= 0.3 is 5.72 Å². The van der Waals surface area contributed by atoms with Gasteiger partial charge < -0.3 is 15.0 Å². The predicted molar refractivity (Wildman–Crippen MR) is 60.8 cm³/mol. The van der Waals surface area contributed by atoms with Crippen LogP contribution in [0.2, 0.25) is 0 Å². The van der Waals surface area contributed by atoms with E-state index >= 15 is 0 Å². The highest BCUT2D eigenvalue weighted by Gasteiger charge is 2.40. The molecule has 0 radical (unpaired) electrons. The maximum Gasteiger partial charge on any atom is 0.352 e. The molecule has 7 nitrogen and oxygen atoms in total. The summed E-state index contributed by atoms with van der Waals surface area (Å²) >= 11 is 3.19. The summed E-state index contributed by atoms with van der Waals surface area (Å²) in [5.41, 5.74) is -2.01. The molecule has 1 rings (SSSR count). The van der Waals surface area contributed by atoms with Crippen molar-refractivity contribution in [1.29, 1.82) is 0 Å². The second kappa shape index (κ2) is 5.92. The Hall–Kier alpha value is -0.990. The number of nitro groups is 1. The Bertz CT molecular complexity index is 332. The third kappa shape index (κ3) is 3.54. The molecule has 16 heavy (non-hydrogen) atoms. The minimum Gasteiger partial charge on any atom is -0.328 e. The minimum atomic E-state index is -2.01. The van der Waals surface area contributed by atoms with E-state index in [0.717, 1.165) is 0 Å². The third-order valence-electron chi connectivity index (χ3n) is 2.01. The summed E-state index contributed by atoms with van der Waals surface area (Å²) in [7, 11) is 0. The molecule has 1 heterocycles. The SMILES string of the molecule is O=[N+]([O-])C(O)(CNCCBr)Cn1ccnc1. The predicted octanol–water partition coefficient (Wildman–Crippen LogP) is -0.167. The number of nitrogens with one attached hydrogen (secondary N) is 1. The van der Waals surface area contributed by atoms with Gasteiger partial charge in [0.15, 0.2) is 0 Å². The van der Waals surface area contributed by atoms with Crippen LogP contribution in [-0.2, 0) is 6.54 Å². The Morgan fingerprint density at radius 3 is 2.94 bits per heavy atom. The topological polar surface area (TPSA) is 93.2 Å². The van der Waals surface area contributed by atoms with Gasteiger partial charge in [-0.15, -0.1) is 0 Å². The molecule has 1 atom stereocenters. The van der Waals surface area contributed by atoms with Crippen molar-refractivity contribution in [3.05, 3.63) is 28.8 Å². The zero-order valence-corrected chi connectivity index (χ0v) is 10.1. The molecule has 0 aliphatic rings. The summed E-state index contributed by atoms with van der Waals surface area (Å²) in [6.45, 7) is 0.319. The molecule has 1 unspecified atom stereocenters. The second-order valence-corrected chi connectivity index (χ2v) is 4.13. The maximum atomic E-state index is 10.8. The zero-order chi connectivity index (χ0) is 12.0. The maximum absolute atomic E-state index is 10.8. The lowest BCUT2D eigenvalue weighted by atomic mass is 10.2. The summed E-state index contributed by atoms with van der Waals surface area (Å²) in [6.07, 6.45) is 4.50. The summed E-state index contributed by atoms with van der Waals surface area (Å²) in [5, 5.41) is 24.1. The highest BCUT2D eigenvalue weighted by molar-refractivity contribution is 9.09. The van der Waals surface area contributed by atoms with E-state index in [9.17, 15) is 15.2 Å². The molecule has 90 valence electrons. The lowest BCUT2D eigenvalue weighted by Gasteiger charge is -2.19. The van der Waals surface area contributed by atoms with E-state index in [-0.39, 0.29) is 13.1 Å². The van der Waals surface area contributed by atoms with Crippen LogP contribution in [0.3, 0.4) is 0 Å². The molecule has 0 fully saturated rings. The number of rotatable bonds is 7. The number of alkyl halides is 1. The molecule has 0 amide bonds. The van der Waals surface area contributed by atoms with Gasteiger partial charge in [-0.3, -0.25) is 10.1 Å². The molecule has 1 aromatic heterocycles. The largest absolute Gasteiger partial charge is 0.352 e. The molecular weight excluding hydrogens is 280 g/mol. The van der Waals surface area contributed by atoms with E-state index in [4.69, 9.17) is 0 Å². The number of hydrogen-bond donors (Lipinski definition) is 2. The molecule has 0 aliphatic carbocycles. The van der Waals surface area contributed by atoms with Crippen LogP contribution in [0.1, 0.15) is 0 Å². The lowest BCUT2D eigenvalue weighted by molar-refractivity contribution is -0.624. The zero-order valence-electron chi connectivity index (χ0n) is 8.54. The Balaban J connectivity index is 2.61. The summed E-state index contributed by atoms with van der Waals surface area (Å²) < 4.78 is 1.47. The molecule has 0 aliphatic heterocycles.